The molecule has 140 valence electrons. The third-order valence-corrected chi connectivity index (χ3v) is 4.06. The molecule has 0 radical (unpaired) electrons. The van der Waals surface area contributed by atoms with Gasteiger partial charge in [0.05, 0.1) is 6.61 Å². The van der Waals surface area contributed by atoms with Gasteiger partial charge in [0.15, 0.2) is 5.96 Å². The summed E-state index contributed by atoms with van der Waals surface area (Å²) in [5, 5.41) is 3.38. The number of benzene rings is 1. The number of rotatable bonds is 8. The number of aliphatic imine (C=N–C) groups is 1. The smallest absolute Gasteiger partial charge is 0.218 e. The maximum Gasteiger partial charge on any atom is 0.218 e. The summed E-state index contributed by atoms with van der Waals surface area (Å²) in [5.41, 5.74) is 3.54. The van der Waals surface area contributed by atoms with Crippen LogP contribution in [0.4, 0.5) is 0 Å². The molecule has 6 heteroatoms. The summed E-state index contributed by atoms with van der Waals surface area (Å²) >= 11 is 0. The fraction of sp³-hybridized carbons (Fsp3) is 0.400. The first-order chi connectivity index (χ1) is 12.7. The number of ether oxygens (including phenoxy) is 2. The Labute approximate surface area is 155 Å². The van der Waals surface area contributed by atoms with Gasteiger partial charge in [-0.15, -0.1) is 0 Å². The van der Waals surface area contributed by atoms with E-state index in [9.17, 15) is 0 Å². The second kappa shape index (κ2) is 10.4. The molecule has 0 fully saturated rings. The molecule has 1 heterocycles. The lowest BCUT2D eigenvalue weighted by atomic mass is 10.1. The number of nitrogens with zero attached hydrogens (tertiary/aromatic N) is 3. The van der Waals surface area contributed by atoms with E-state index < -0.39 is 0 Å². The van der Waals surface area contributed by atoms with E-state index in [0.29, 0.717) is 25.6 Å². The van der Waals surface area contributed by atoms with Crippen LogP contribution in [0.5, 0.6) is 5.88 Å². The number of guanidine groups is 1. The highest BCUT2D eigenvalue weighted by atomic mass is 16.5. The number of hydrogen-bond donors (Lipinski definition) is 1. The third-order valence-electron chi connectivity index (χ3n) is 4.06. The molecule has 0 amide bonds. The van der Waals surface area contributed by atoms with E-state index in [1.807, 2.05) is 19.2 Å². The summed E-state index contributed by atoms with van der Waals surface area (Å²) in [5.74, 6) is 1.44. The molecule has 6 nitrogen and oxygen atoms in total. The maximum atomic E-state index is 5.69. The van der Waals surface area contributed by atoms with Gasteiger partial charge in [0.2, 0.25) is 5.88 Å². The summed E-state index contributed by atoms with van der Waals surface area (Å²) in [6, 6.07) is 12.3. The molecule has 0 aliphatic heterocycles. The molecule has 0 bridgehead atoms. The Balaban J connectivity index is 1.97. The topological polar surface area (TPSA) is 59.0 Å². The van der Waals surface area contributed by atoms with E-state index in [4.69, 9.17) is 9.47 Å². The highest BCUT2D eigenvalue weighted by Crippen LogP contribution is 2.14. The predicted octanol–water partition coefficient (Wildman–Crippen LogP) is 2.62. The Hall–Kier alpha value is -2.60. The fourth-order valence-electron chi connectivity index (χ4n) is 2.59. The van der Waals surface area contributed by atoms with Gasteiger partial charge in [0.25, 0.3) is 0 Å². The minimum atomic E-state index is 0.475. The van der Waals surface area contributed by atoms with Crippen molar-refractivity contribution in [1.82, 2.24) is 15.2 Å². The minimum Gasteiger partial charge on any atom is -0.475 e. The number of hydrogen-bond acceptors (Lipinski definition) is 4. The molecular formula is C20H28N4O2. The monoisotopic (exact) mass is 356 g/mol. The van der Waals surface area contributed by atoms with Gasteiger partial charge < -0.3 is 19.7 Å². The van der Waals surface area contributed by atoms with Gasteiger partial charge >= 0.3 is 0 Å². The van der Waals surface area contributed by atoms with Crippen LogP contribution in [-0.2, 0) is 17.8 Å². The molecular weight excluding hydrogens is 328 g/mol. The van der Waals surface area contributed by atoms with Crippen molar-refractivity contribution in [1.29, 1.82) is 0 Å². The van der Waals surface area contributed by atoms with Crippen LogP contribution in [0.3, 0.4) is 0 Å². The highest BCUT2D eigenvalue weighted by molar-refractivity contribution is 5.79. The lowest BCUT2D eigenvalue weighted by Crippen LogP contribution is -2.38. The van der Waals surface area contributed by atoms with E-state index >= 15 is 0 Å². The van der Waals surface area contributed by atoms with E-state index in [2.05, 4.69) is 51.4 Å². The predicted molar refractivity (Wildman–Crippen MR) is 104 cm³/mol. The summed E-state index contributed by atoms with van der Waals surface area (Å²) in [6.45, 7) is 4.50. The molecule has 26 heavy (non-hydrogen) atoms. The molecule has 1 aromatic heterocycles. The summed E-state index contributed by atoms with van der Waals surface area (Å²) in [7, 11) is 5.47. The average molecular weight is 356 g/mol. The molecule has 0 aliphatic carbocycles. The van der Waals surface area contributed by atoms with Gasteiger partial charge in [-0.3, -0.25) is 4.99 Å². The molecule has 2 rings (SSSR count). The van der Waals surface area contributed by atoms with Gasteiger partial charge in [0.1, 0.15) is 6.61 Å². The maximum absolute atomic E-state index is 5.69. The average Bonchev–Trinajstić information content (AvgIpc) is 2.65. The molecule has 0 saturated carbocycles. The van der Waals surface area contributed by atoms with Crippen LogP contribution in [0.15, 0.2) is 47.6 Å². The quantitative estimate of drug-likeness (QED) is 0.448. The molecule has 0 saturated heterocycles. The van der Waals surface area contributed by atoms with Gasteiger partial charge in [-0.1, -0.05) is 30.3 Å². The van der Waals surface area contributed by atoms with Crippen molar-refractivity contribution < 1.29 is 9.47 Å². The van der Waals surface area contributed by atoms with Gasteiger partial charge in [0, 0.05) is 46.1 Å². The molecule has 0 unspecified atom stereocenters. The van der Waals surface area contributed by atoms with E-state index in [1.54, 1.807) is 20.4 Å². The first kappa shape index (κ1) is 19.7. The Bertz CT molecular complexity index is 718. The van der Waals surface area contributed by atoms with Gasteiger partial charge in [-0.05, 0) is 24.1 Å². The number of pyridine rings is 1. The zero-order chi connectivity index (χ0) is 18.8. The van der Waals surface area contributed by atoms with Crippen molar-refractivity contribution in [3.8, 4) is 5.88 Å². The van der Waals surface area contributed by atoms with Crippen molar-refractivity contribution in [3.63, 3.8) is 0 Å². The fourth-order valence-corrected chi connectivity index (χ4v) is 2.59. The van der Waals surface area contributed by atoms with Crippen molar-refractivity contribution in [2.75, 3.05) is 34.4 Å². The van der Waals surface area contributed by atoms with Crippen LogP contribution in [0.2, 0.25) is 0 Å². The van der Waals surface area contributed by atoms with Crippen LogP contribution < -0.4 is 10.1 Å². The number of aromatic nitrogens is 1. The second-order valence-corrected chi connectivity index (χ2v) is 5.99. The Morgan fingerprint density at radius 2 is 1.92 bits per heavy atom. The SMILES string of the molecule is CN=C(NCc1cccnc1OCCOC)N(C)Cc1ccccc1C. The van der Waals surface area contributed by atoms with Crippen molar-refractivity contribution in [2.24, 2.45) is 4.99 Å². The zero-order valence-corrected chi connectivity index (χ0v) is 16.0. The van der Waals surface area contributed by atoms with E-state index in [0.717, 1.165) is 18.1 Å². The van der Waals surface area contributed by atoms with Crippen molar-refractivity contribution in [3.05, 3.63) is 59.3 Å². The number of nitrogens with one attached hydrogen (secondary N) is 1. The molecule has 0 spiro atoms. The molecule has 1 aromatic carbocycles. The van der Waals surface area contributed by atoms with E-state index in [1.165, 1.54) is 11.1 Å². The minimum absolute atomic E-state index is 0.475. The second-order valence-electron chi connectivity index (χ2n) is 5.99. The molecule has 1 N–H and O–H groups in total. The Morgan fingerprint density at radius 3 is 2.65 bits per heavy atom. The Morgan fingerprint density at radius 1 is 1.15 bits per heavy atom. The molecule has 0 atom stereocenters. The van der Waals surface area contributed by atoms with Crippen LogP contribution in [0.25, 0.3) is 0 Å². The normalized spacial score (nSPS) is 11.3. The lowest BCUT2D eigenvalue weighted by molar-refractivity contribution is 0.143. The number of aryl methyl sites for hydroxylation is 1. The largest absolute Gasteiger partial charge is 0.475 e. The van der Waals surface area contributed by atoms with E-state index in [-0.39, 0.29) is 0 Å². The van der Waals surface area contributed by atoms with Crippen LogP contribution >= 0.6 is 0 Å². The van der Waals surface area contributed by atoms with Gasteiger partial charge in [-0.25, -0.2) is 4.98 Å². The Kier molecular flexibility index (Phi) is 7.89. The summed E-state index contributed by atoms with van der Waals surface area (Å²) in [6.07, 6.45) is 1.73. The molecule has 0 aliphatic rings. The lowest BCUT2D eigenvalue weighted by Gasteiger charge is -2.23. The van der Waals surface area contributed by atoms with Crippen LogP contribution in [-0.4, -0.2) is 50.3 Å². The van der Waals surface area contributed by atoms with Crippen molar-refractivity contribution >= 4 is 5.96 Å². The first-order valence-corrected chi connectivity index (χ1v) is 8.67. The third kappa shape index (κ3) is 5.74. The van der Waals surface area contributed by atoms with Crippen molar-refractivity contribution in [2.45, 2.75) is 20.0 Å². The summed E-state index contributed by atoms with van der Waals surface area (Å²) < 4.78 is 10.7. The standard InChI is InChI=1S/C20H28N4O2/c1-16-8-5-6-9-18(16)15-24(3)20(21-2)23-14-17-10-7-11-22-19(17)26-13-12-25-4/h5-11H,12-15H2,1-4H3,(H,21,23). The molecule has 2 aromatic rings. The zero-order valence-electron chi connectivity index (χ0n) is 16.0. The van der Waals surface area contributed by atoms with Crippen LogP contribution in [0, 0.1) is 6.92 Å². The highest BCUT2D eigenvalue weighted by Gasteiger charge is 2.10. The summed E-state index contributed by atoms with van der Waals surface area (Å²) in [4.78, 5) is 10.8. The first-order valence-electron chi connectivity index (χ1n) is 8.67. The number of methoxy groups -OCH3 is 1. The van der Waals surface area contributed by atoms with Crippen LogP contribution in [0.1, 0.15) is 16.7 Å². The van der Waals surface area contributed by atoms with Gasteiger partial charge in [-0.2, -0.15) is 0 Å².